The van der Waals surface area contributed by atoms with Gasteiger partial charge in [0.2, 0.25) is 5.91 Å². The van der Waals surface area contributed by atoms with Gasteiger partial charge in [0, 0.05) is 18.9 Å². The van der Waals surface area contributed by atoms with Crippen molar-refractivity contribution in [1.82, 2.24) is 4.90 Å². The average molecular weight is 356 g/mol. The van der Waals surface area contributed by atoms with Gasteiger partial charge in [-0.1, -0.05) is 29.3 Å². The van der Waals surface area contributed by atoms with Crippen LogP contribution in [0.25, 0.3) is 0 Å². The standard InChI is InChI=1S/C18H30BrNO/c1-17-9-14-8-15(10-17)12-18(11-14,13-17)16(21)20(2)7-5-3-4-6-19/h14-15H,3-13H2,1-2H3. The second kappa shape index (κ2) is 5.86. The van der Waals surface area contributed by atoms with E-state index in [1.165, 1.54) is 44.9 Å². The van der Waals surface area contributed by atoms with Crippen LogP contribution in [0.4, 0.5) is 0 Å². The number of nitrogens with zero attached hydrogens (tertiary/aromatic N) is 1. The van der Waals surface area contributed by atoms with Crippen LogP contribution >= 0.6 is 15.9 Å². The molecule has 4 saturated carbocycles. The molecular weight excluding hydrogens is 326 g/mol. The number of hydrogen-bond acceptors (Lipinski definition) is 1. The lowest BCUT2D eigenvalue weighted by Crippen LogP contribution is -2.57. The molecule has 3 heteroatoms. The summed E-state index contributed by atoms with van der Waals surface area (Å²) < 4.78 is 0. The van der Waals surface area contributed by atoms with E-state index in [4.69, 9.17) is 0 Å². The summed E-state index contributed by atoms with van der Waals surface area (Å²) in [4.78, 5) is 15.2. The zero-order chi connectivity index (χ0) is 15.1. The first-order valence-electron chi connectivity index (χ1n) is 8.78. The highest BCUT2D eigenvalue weighted by molar-refractivity contribution is 9.09. The molecule has 120 valence electrons. The molecule has 0 aromatic heterocycles. The Bertz CT molecular complexity index is 394. The second-order valence-corrected chi connectivity index (χ2v) is 9.32. The minimum absolute atomic E-state index is 0.0169. The fourth-order valence-corrected chi connectivity index (χ4v) is 6.49. The molecule has 0 aromatic carbocycles. The predicted molar refractivity (Wildman–Crippen MR) is 90.5 cm³/mol. The van der Waals surface area contributed by atoms with Crippen molar-refractivity contribution < 1.29 is 4.79 Å². The van der Waals surface area contributed by atoms with Crippen LogP contribution in [0.2, 0.25) is 0 Å². The van der Waals surface area contributed by atoms with E-state index in [1.54, 1.807) is 0 Å². The Morgan fingerprint density at radius 1 is 1.14 bits per heavy atom. The molecule has 1 amide bonds. The van der Waals surface area contributed by atoms with Gasteiger partial charge in [-0.15, -0.1) is 0 Å². The summed E-state index contributed by atoms with van der Waals surface area (Å²) in [5.74, 6) is 2.14. The highest BCUT2D eigenvalue weighted by Crippen LogP contribution is 2.65. The van der Waals surface area contributed by atoms with Crippen molar-refractivity contribution in [2.24, 2.45) is 22.7 Å². The largest absolute Gasteiger partial charge is 0.345 e. The number of unbranched alkanes of at least 4 members (excludes halogenated alkanes) is 2. The normalized spacial score (nSPS) is 40.5. The van der Waals surface area contributed by atoms with Crippen molar-refractivity contribution in [3.05, 3.63) is 0 Å². The maximum atomic E-state index is 13.1. The van der Waals surface area contributed by atoms with E-state index in [-0.39, 0.29) is 5.41 Å². The first kappa shape index (κ1) is 15.8. The van der Waals surface area contributed by atoms with Gasteiger partial charge in [0.1, 0.15) is 0 Å². The molecule has 4 aliphatic carbocycles. The first-order chi connectivity index (χ1) is 9.96. The van der Waals surface area contributed by atoms with Crippen LogP contribution in [0.3, 0.4) is 0 Å². The van der Waals surface area contributed by atoms with Gasteiger partial charge in [-0.3, -0.25) is 4.79 Å². The summed E-state index contributed by atoms with van der Waals surface area (Å²) in [6.07, 6.45) is 11.3. The number of alkyl halides is 1. The van der Waals surface area contributed by atoms with E-state index in [0.717, 1.165) is 36.6 Å². The van der Waals surface area contributed by atoms with Gasteiger partial charge >= 0.3 is 0 Å². The topological polar surface area (TPSA) is 20.3 Å². The van der Waals surface area contributed by atoms with Crippen molar-refractivity contribution >= 4 is 21.8 Å². The van der Waals surface area contributed by atoms with Crippen molar-refractivity contribution in [1.29, 1.82) is 0 Å². The maximum Gasteiger partial charge on any atom is 0.228 e. The summed E-state index contributed by atoms with van der Waals surface area (Å²) in [6, 6.07) is 0. The molecule has 4 rings (SSSR count). The van der Waals surface area contributed by atoms with Crippen LogP contribution in [0.1, 0.15) is 64.7 Å². The first-order valence-corrected chi connectivity index (χ1v) is 9.90. The third-order valence-corrected chi connectivity index (χ3v) is 6.84. The Morgan fingerprint density at radius 3 is 2.38 bits per heavy atom. The third-order valence-electron chi connectivity index (χ3n) is 6.28. The Labute approximate surface area is 138 Å². The molecule has 2 atom stereocenters. The predicted octanol–water partition coefficient (Wildman–Crippen LogP) is 4.62. The van der Waals surface area contributed by atoms with E-state index < -0.39 is 0 Å². The van der Waals surface area contributed by atoms with Gasteiger partial charge < -0.3 is 4.90 Å². The zero-order valence-electron chi connectivity index (χ0n) is 13.7. The van der Waals surface area contributed by atoms with Crippen molar-refractivity contribution in [3.63, 3.8) is 0 Å². The van der Waals surface area contributed by atoms with E-state index in [1.807, 2.05) is 7.05 Å². The van der Waals surface area contributed by atoms with Crippen molar-refractivity contribution in [3.8, 4) is 0 Å². The molecule has 0 radical (unpaired) electrons. The van der Waals surface area contributed by atoms with Crippen LogP contribution in [0, 0.1) is 22.7 Å². The molecule has 0 heterocycles. The lowest BCUT2D eigenvalue weighted by Gasteiger charge is -2.61. The lowest BCUT2D eigenvalue weighted by molar-refractivity contribution is -0.164. The smallest absolute Gasteiger partial charge is 0.228 e. The van der Waals surface area contributed by atoms with Crippen LogP contribution < -0.4 is 0 Å². The minimum Gasteiger partial charge on any atom is -0.345 e. The van der Waals surface area contributed by atoms with Gasteiger partial charge in [0.05, 0.1) is 5.41 Å². The van der Waals surface area contributed by atoms with E-state index in [9.17, 15) is 4.79 Å². The highest BCUT2D eigenvalue weighted by atomic mass is 79.9. The fourth-order valence-electron chi connectivity index (χ4n) is 6.10. The molecule has 4 fully saturated rings. The van der Waals surface area contributed by atoms with Gasteiger partial charge in [-0.05, 0) is 68.6 Å². The Morgan fingerprint density at radius 2 is 1.81 bits per heavy atom. The van der Waals surface area contributed by atoms with Gasteiger partial charge in [0.25, 0.3) is 0 Å². The number of rotatable bonds is 6. The summed E-state index contributed by atoms with van der Waals surface area (Å²) in [5, 5.41) is 1.08. The van der Waals surface area contributed by atoms with Gasteiger partial charge in [-0.2, -0.15) is 0 Å². The quantitative estimate of drug-likeness (QED) is 0.502. The van der Waals surface area contributed by atoms with E-state index in [0.29, 0.717) is 11.3 Å². The summed E-state index contributed by atoms with van der Waals surface area (Å²) in [6.45, 7) is 3.39. The van der Waals surface area contributed by atoms with Crippen LogP contribution in [-0.4, -0.2) is 29.7 Å². The molecule has 0 N–H and O–H groups in total. The SMILES string of the molecule is CN(CCCCCBr)C(=O)C12CC3CC(CC(C)(C3)C1)C2. The van der Waals surface area contributed by atoms with Crippen LogP contribution in [0.5, 0.6) is 0 Å². The number of carbonyl (C=O) groups is 1. The van der Waals surface area contributed by atoms with Crippen molar-refractivity contribution in [2.45, 2.75) is 64.7 Å². The van der Waals surface area contributed by atoms with Gasteiger partial charge in [0.15, 0.2) is 0 Å². The van der Waals surface area contributed by atoms with Gasteiger partial charge in [-0.25, -0.2) is 0 Å². The lowest BCUT2D eigenvalue weighted by atomic mass is 9.44. The monoisotopic (exact) mass is 355 g/mol. The third kappa shape index (κ3) is 3.04. The summed E-state index contributed by atoms with van der Waals surface area (Å²) in [7, 11) is 2.04. The maximum absolute atomic E-state index is 13.1. The molecule has 0 aromatic rings. The molecule has 4 aliphatic rings. The number of carbonyl (C=O) groups excluding carboxylic acids is 1. The zero-order valence-corrected chi connectivity index (χ0v) is 15.3. The molecule has 0 saturated heterocycles. The van der Waals surface area contributed by atoms with Crippen LogP contribution in [-0.2, 0) is 4.79 Å². The Hall–Kier alpha value is -0.0500. The van der Waals surface area contributed by atoms with Crippen LogP contribution in [0.15, 0.2) is 0 Å². The number of hydrogen-bond donors (Lipinski definition) is 0. The summed E-state index contributed by atoms with van der Waals surface area (Å²) in [5.41, 5.74) is 0.486. The minimum atomic E-state index is 0.0169. The molecule has 0 aliphatic heterocycles. The Balaban J connectivity index is 1.64. The average Bonchev–Trinajstić information content (AvgIpc) is 2.39. The Kier molecular flexibility index (Phi) is 4.42. The molecule has 2 nitrogen and oxygen atoms in total. The highest BCUT2D eigenvalue weighted by Gasteiger charge is 2.59. The van der Waals surface area contributed by atoms with E-state index in [2.05, 4.69) is 27.8 Å². The second-order valence-electron chi connectivity index (χ2n) is 8.53. The number of amides is 1. The molecule has 0 spiro atoms. The van der Waals surface area contributed by atoms with Crippen molar-refractivity contribution in [2.75, 3.05) is 18.9 Å². The molecule has 2 unspecified atom stereocenters. The molecule has 4 bridgehead atoms. The van der Waals surface area contributed by atoms with E-state index >= 15 is 0 Å². The fraction of sp³-hybridized carbons (Fsp3) is 0.944. The summed E-state index contributed by atoms with van der Waals surface area (Å²) >= 11 is 3.48. The molecule has 21 heavy (non-hydrogen) atoms. The number of halogens is 1. The molecular formula is C18H30BrNO.